The molecule has 0 spiro atoms. The predicted octanol–water partition coefficient (Wildman–Crippen LogP) is 3.19. The van der Waals surface area contributed by atoms with Crippen LogP contribution < -0.4 is 10.1 Å². The maximum atomic E-state index is 14.4. The third-order valence-corrected chi connectivity index (χ3v) is 4.12. The Kier molecular flexibility index (Phi) is 5.31. The van der Waals surface area contributed by atoms with E-state index in [4.69, 9.17) is 4.74 Å². The summed E-state index contributed by atoms with van der Waals surface area (Å²) in [5, 5.41) is 2.78. The smallest absolute Gasteiger partial charge is 0.224 e. The highest BCUT2D eigenvalue weighted by molar-refractivity contribution is 5.78. The molecule has 6 heteroatoms. The Balaban J connectivity index is 1.63. The molecule has 0 saturated carbocycles. The van der Waals surface area contributed by atoms with Gasteiger partial charge in [0.15, 0.2) is 0 Å². The van der Waals surface area contributed by atoms with E-state index in [-0.39, 0.29) is 12.3 Å². The van der Waals surface area contributed by atoms with E-state index in [1.54, 1.807) is 24.4 Å². The fourth-order valence-electron chi connectivity index (χ4n) is 2.69. The molecule has 0 saturated heterocycles. The highest BCUT2D eigenvalue weighted by Crippen LogP contribution is 2.17. The van der Waals surface area contributed by atoms with Crippen LogP contribution in [0.3, 0.4) is 0 Å². The van der Waals surface area contributed by atoms with Gasteiger partial charge in [-0.05, 0) is 48.4 Å². The van der Waals surface area contributed by atoms with Gasteiger partial charge in [-0.2, -0.15) is 0 Å². The van der Waals surface area contributed by atoms with Gasteiger partial charge in [-0.3, -0.25) is 4.79 Å². The maximum Gasteiger partial charge on any atom is 0.224 e. The third-order valence-electron chi connectivity index (χ3n) is 4.12. The Bertz CT molecular complexity index is 921. The third kappa shape index (κ3) is 4.08. The molecule has 0 fully saturated rings. The summed E-state index contributed by atoms with van der Waals surface area (Å²) in [4.78, 5) is 16.1. The summed E-state index contributed by atoms with van der Waals surface area (Å²) < 4.78 is 21.3. The number of hydrogen-bond acceptors (Lipinski definition) is 3. The van der Waals surface area contributed by atoms with Crippen LogP contribution in [0.5, 0.6) is 5.88 Å². The van der Waals surface area contributed by atoms with Gasteiger partial charge in [0, 0.05) is 36.4 Å². The normalized spacial score (nSPS) is 10.6. The van der Waals surface area contributed by atoms with Crippen LogP contribution in [0.1, 0.15) is 16.8 Å². The van der Waals surface area contributed by atoms with Crippen molar-refractivity contribution in [1.82, 2.24) is 14.9 Å². The first kappa shape index (κ1) is 17.7. The molecule has 26 heavy (non-hydrogen) atoms. The van der Waals surface area contributed by atoms with Gasteiger partial charge in [0.25, 0.3) is 0 Å². The van der Waals surface area contributed by atoms with Crippen LogP contribution in [0, 0.1) is 12.7 Å². The van der Waals surface area contributed by atoms with Crippen molar-refractivity contribution in [3.05, 3.63) is 77.5 Å². The maximum absolute atomic E-state index is 14.4. The number of methoxy groups -OCH3 is 1. The average Bonchev–Trinajstić information content (AvgIpc) is 3.08. The van der Waals surface area contributed by atoms with Crippen LogP contribution in [0.25, 0.3) is 5.69 Å². The van der Waals surface area contributed by atoms with E-state index in [2.05, 4.69) is 10.3 Å². The number of halogens is 1. The number of nitrogens with one attached hydrogen (secondary N) is 1. The minimum absolute atomic E-state index is 0.0149. The lowest BCUT2D eigenvalue weighted by atomic mass is 10.1. The zero-order valence-corrected chi connectivity index (χ0v) is 14.7. The number of carbonyl (C=O) groups is 1. The van der Waals surface area contributed by atoms with E-state index in [0.29, 0.717) is 18.0 Å². The molecule has 0 aliphatic rings. The van der Waals surface area contributed by atoms with Crippen LogP contribution in [0.15, 0.2) is 54.9 Å². The van der Waals surface area contributed by atoms with Crippen molar-refractivity contribution in [3.8, 4) is 11.6 Å². The second kappa shape index (κ2) is 7.82. The summed E-state index contributed by atoms with van der Waals surface area (Å²) >= 11 is 0. The topological polar surface area (TPSA) is 56.1 Å². The fourth-order valence-corrected chi connectivity index (χ4v) is 2.69. The van der Waals surface area contributed by atoms with Crippen molar-refractivity contribution >= 4 is 5.91 Å². The summed E-state index contributed by atoms with van der Waals surface area (Å²) in [6.45, 7) is 2.29. The molecule has 0 aliphatic heterocycles. The molecule has 2 heterocycles. The SMILES string of the molecule is COc1cc(CNC(=O)Cc2ccc(-n3cccc3C)cc2F)ccn1. The minimum atomic E-state index is -0.392. The van der Waals surface area contributed by atoms with E-state index < -0.39 is 5.82 Å². The van der Waals surface area contributed by atoms with Gasteiger partial charge < -0.3 is 14.6 Å². The number of ether oxygens (including phenoxy) is 1. The van der Waals surface area contributed by atoms with Gasteiger partial charge in [0.1, 0.15) is 5.82 Å². The number of hydrogen-bond donors (Lipinski definition) is 1. The molecule has 1 N–H and O–H groups in total. The van der Waals surface area contributed by atoms with Crippen LogP contribution >= 0.6 is 0 Å². The lowest BCUT2D eigenvalue weighted by molar-refractivity contribution is -0.120. The zero-order chi connectivity index (χ0) is 18.5. The summed E-state index contributed by atoms with van der Waals surface area (Å²) in [6.07, 6.45) is 3.47. The number of aryl methyl sites for hydroxylation is 1. The molecule has 0 aliphatic carbocycles. The predicted molar refractivity (Wildman–Crippen MR) is 96.8 cm³/mol. The lowest BCUT2D eigenvalue weighted by Gasteiger charge is -2.10. The number of amides is 1. The largest absolute Gasteiger partial charge is 0.481 e. The summed E-state index contributed by atoms with van der Waals surface area (Å²) in [7, 11) is 1.53. The molecule has 1 amide bonds. The van der Waals surface area contributed by atoms with Crippen LogP contribution in [-0.4, -0.2) is 22.6 Å². The molecular weight excluding hydrogens is 333 g/mol. The summed E-state index contributed by atoms with van der Waals surface area (Å²) in [6, 6.07) is 12.3. The highest BCUT2D eigenvalue weighted by atomic mass is 19.1. The quantitative estimate of drug-likeness (QED) is 0.740. The van der Waals surface area contributed by atoms with Crippen molar-refractivity contribution in [2.75, 3.05) is 7.11 Å². The van der Waals surface area contributed by atoms with Crippen molar-refractivity contribution in [1.29, 1.82) is 0 Å². The van der Waals surface area contributed by atoms with E-state index >= 15 is 0 Å². The van der Waals surface area contributed by atoms with Crippen molar-refractivity contribution in [2.24, 2.45) is 0 Å². The number of rotatable bonds is 6. The molecule has 3 rings (SSSR count). The molecule has 0 radical (unpaired) electrons. The number of aromatic nitrogens is 2. The molecule has 0 bridgehead atoms. The van der Waals surface area contributed by atoms with Crippen LogP contribution in [-0.2, 0) is 17.8 Å². The second-order valence-electron chi connectivity index (χ2n) is 5.96. The Morgan fingerprint density at radius 2 is 2.12 bits per heavy atom. The van der Waals surface area contributed by atoms with Gasteiger partial charge in [-0.25, -0.2) is 9.37 Å². The zero-order valence-electron chi connectivity index (χ0n) is 14.7. The van der Waals surface area contributed by atoms with Gasteiger partial charge in [-0.1, -0.05) is 6.07 Å². The van der Waals surface area contributed by atoms with Gasteiger partial charge in [-0.15, -0.1) is 0 Å². The van der Waals surface area contributed by atoms with E-state index in [0.717, 1.165) is 16.9 Å². The summed E-state index contributed by atoms with van der Waals surface area (Å²) in [5.41, 5.74) is 2.98. The second-order valence-corrected chi connectivity index (χ2v) is 5.96. The van der Waals surface area contributed by atoms with Gasteiger partial charge >= 0.3 is 0 Å². The molecule has 134 valence electrons. The molecule has 0 unspecified atom stereocenters. The standard InChI is InChI=1S/C20H20FN3O2/c1-14-4-3-9-24(14)17-6-5-16(18(21)12-17)11-19(25)23-13-15-7-8-22-20(10-15)26-2/h3-10,12H,11,13H2,1-2H3,(H,23,25). The van der Waals surface area contributed by atoms with E-state index in [1.165, 1.54) is 13.2 Å². The Morgan fingerprint density at radius 1 is 1.27 bits per heavy atom. The Morgan fingerprint density at radius 3 is 2.81 bits per heavy atom. The number of benzene rings is 1. The van der Waals surface area contributed by atoms with E-state index in [1.807, 2.05) is 35.9 Å². The number of carbonyl (C=O) groups excluding carboxylic acids is 1. The van der Waals surface area contributed by atoms with Crippen molar-refractivity contribution in [2.45, 2.75) is 19.9 Å². The summed E-state index contributed by atoms with van der Waals surface area (Å²) in [5.74, 6) is -0.153. The fraction of sp³-hybridized carbons (Fsp3) is 0.200. The molecule has 3 aromatic rings. The average molecular weight is 353 g/mol. The minimum Gasteiger partial charge on any atom is -0.481 e. The Hall–Kier alpha value is -3.15. The first-order chi connectivity index (χ1) is 12.6. The lowest BCUT2D eigenvalue weighted by Crippen LogP contribution is -2.25. The first-order valence-corrected chi connectivity index (χ1v) is 8.25. The first-order valence-electron chi connectivity index (χ1n) is 8.25. The monoisotopic (exact) mass is 353 g/mol. The molecule has 0 atom stereocenters. The molecule has 5 nitrogen and oxygen atoms in total. The van der Waals surface area contributed by atoms with Crippen LogP contribution in [0.4, 0.5) is 4.39 Å². The van der Waals surface area contributed by atoms with Crippen molar-refractivity contribution < 1.29 is 13.9 Å². The van der Waals surface area contributed by atoms with Gasteiger partial charge in [0.05, 0.1) is 13.5 Å². The molecule has 2 aromatic heterocycles. The highest BCUT2D eigenvalue weighted by Gasteiger charge is 2.10. The van der Waals surface area contributed by atoms with E-state index in [9.17, 15) is 9.18 Å². The van der Waals surface area contributed by atoms with Gasteiger partial charge in [0.2, 0.25) is 11.8 Å². The molecular formula is C20H20FN3O2. The Labute approximate surface area is 151 Å². The molecule has 1 aromatic carbocycles. The van der Waals surface area contributed by atoms with Crippen LogP contribution in [0.2, 0.25) is 0 Å². The number of pyridine rings is 1. The number of nitrogens with zero attached hydrogens (tertiary/aromatic N) is 2. The van der Waals surface area contributed by atoms with Crippen molar-refractivity contribution in [3.63, 3.8) is 0 Å².